The average Bonchev–Trinajstić information content (AvgIpc) is 2.93. The summed E-state index contributed by atoms with van der Waals surface area (Å²) in [5, 5.41) is 0. The number of hydrogen-bond acceptors (Lipinski definition) is 5. The van der Waals surface area contributed by atoms with E-state index in [2.05, 4.69) is 9.73 Å². The predicted octanol–water partition coefficient (Wildman–Crippen LogP) is 3.35. The van der Waals surface area contributed by atoms with Crippen molar-refractivity contribution in [2.75, 3.05) is 13.7 Å². The zero-order valence-corrected chi connectivity index (χ0v) is 15.9. The molecule has 1 amide bonds. The Kier molecular flexibility index (Phi) is 6.14. The number of carbonyl (C=O) groups excluding carboxylic acids is 1. The van der Waals surface area contributed by atoms with Gasteiger partial charge in [0.05, 0.1) is 6.61 Å². The molecule has 0 radical (unpaired) electrons. The van der Waals surface area contributed by atoms with Gasteiger partial charge >= 0.3 is 6.61 Å². The molecule has 2 aromatic carbocycles. The normalized spacial score (nSPS) is 18.8. The molecule has 3 rings (SSSR count). The van der Waals surface area contributed by atoms with Crippen LogP contribution >= 0.6 is 0 Å². The molecule has 10 heteroatoms. The van der Waals surface area contributed by atoms with E-state index in [0.717, 1.165) is 0 Å². The Morgan fingerprint density at radius 1 is 1.07 bits per heavy atom. The van der Waals surface area contributed by atoms with E-state index < -0.39 is 30.9 Å². The van der Waals surface area contributed by atoms with Crippen molar-refractivity contribution in [3.05, 3.63) is 59.7 Å². The summed E-state index contributed by atoms with van der Waals surface area (Å²) in [5.41, 5.74) is 5.06. The van der Waals surface area contributed by atoms with E-state index in [-0.39, 0.29) is 24.1 Å². The number of rotatable bonds is 8. The van der Waals surface area contributed by atoms with Crippen LogP contribution in [0.15, 0.2) is 53.5 Å². The van der Waals surface area contributed by atoms with Gasteiger partial charge in [0.25, 0.3) is 5.91 Å². The van der Waals surface area contributed by atoms with Crippen LogP contribution in [-0.2, 0) is 10.3 Å². The second kappa shape index (κ2) is 8.60. The molecule has 1 heterocycles. The summed E-state index contributed by atoms with van der Waals surface area (Å²) in [6.45, 7) is -3.19. The highest BCUT2D eigenvalue weighted by Gasteiger charge is 2.49. The maximum Gasteiger partial charge on any atom is 0.387 e. The summed E-state index contributed by atoms with van der Waals surface area (Å²) < 4.78 is 59.3. The summed E-state index contributed by atoms with van der Waals surface area (Å²) in [5.74, 6) is -0.297. The molecule has 0 spiro atoms. The van der Waals surface area contributed by atoms with E-state index in [1.54, 1.807) is 18.2 Å². The lowest BCUT2D eigenvalue weighted by Gasteiger charge is -2.26. The fourth-order valence-electron chi connectivity index (χ4n) is 3.14. The van der Waals surface area contributed by atoms with Gasteiger partial charge in [-0.25, -0.2) is 13.8 Å². The lowest BCUT2D eigenvalue weighted by Crippen LogP contribution is -2.41. The van der Waals surface area contributed by atoms with Crippen LogP contribution in [0.2, 0.25) is 0 Å². The molecule has 2 N–H and O–H groups in total. The summed E-state index contributed by atoms with van der Waals surface area (Å²) in [6, 6.07) is 11.8. The number of likely N-dealkylation sites (N-methyl/N-ethyl adjacent to an activating group) is 1. The van der Waals surface area contributed by atoms with Crippen LogP contribution in [0.4, 0.5) is 17.6 Å². The maximum absolute atomic E-state index is 13.2. The molecule has 0 unspecified atom stereocenters. The Morgan fingerprint density at radius 3 is 2.33 bits per heavy atom. The first-order valence-electron chi connectivity index (χ1n) is 8.94. The Bertz CT molecular complexity index is 937. The van der Waals surface area contributed by atoms with Crippen LogP contribution in [0.1, 0.15) is 17.5 Å². The van der Waals surface area contributed by atoms with Crippen LogP contribution < -0.4 is 15.2 Å². The molecule has 6 nitrogen and oxygen atoms in total. The van der Waals surface area contributed by atoms with Gasteiger partial charge < -0.3 is 15.2 Å². The topological polar surface area (TPSA) is 77.2 Å². The molecule has 1 aliphatic heterocycles. The Balaban J connectivity index is 2.02. The van der Waals surface area contributed by atoms with E-state index >= 15 is 0 Å². The van der Waals surface area contributed by atoms with Crippen LogP contribution in [0.3, 0.4) is 0 Å². The molecule has 0 aliphatic carbocycles. The van der Waals surface area contributed by atoms with Crippen molar-refractivity contribution in [3.63, 3.8) is 0 Å². The highest BCUT2D eigenvalue weighted by Crippen LogP contribution is 2.40. The lowest BCUT2D eigenvalue weighted by atomic mass is 9.82. The summed E-state index contributed by atoms with van der Waals surface area (Å²) in [7, 11) is 1.46. The van der Waals surface area contributed by atoms with E-state index in [1.165, 1.54) is 42.3 Å². The fourth-order valence-corrected chi connectivity index (χ4v) is 3.14. The standard InChI is InChI=1S/C20H19F4N3O3/c1-27-17(28)20(26-19(27)25,12-5-7-14(8-6-12)30-18(23)24)13-3-2-4-15(11-13)29-10-9-16(21)22/h2-8,11,16,18H,9-10H2,1H3,(H2,25,26)/t20-/m0/s1. The molecular weight excluding hydrogens is 406 g/mol. The van der Waals surface area contributed by atoms with E-state index in [4.69, 9.17) is 10.5 Å². The number of guanidine groups is 1. The van der Waals surface area contributed by atoms with Gasteiger partial charge in [-0.1, -0.05) is 24.3 Å². The SMILES string of the molecule is CN1C(=O)[C@](c2ccc(OC(F)F)cc2)(c2cccc(OCCC(F)F)c2)N=C1N. The van der Waals surface area contributed by atoms with Gasteiger partial charge in [-0.05, 0) is 35.4 Å². The minimum Gasteiger partial charge on any atom is -0.493 e. The van der Waals surface area contributed by atoms with Gasteiger partial charge in [0.15, 0.2) is 11.5 Å². The molecule has 0 bridgehead atoms. The molecule has 0 saturated heterocycles. The summed E-state index contributed by atoms with van der Waals surface area (Å²) in [6.07, 6.45) is -2.93. The minimum atomic E-state index is -2.99. The van der Waals surface area contributed by atoms with Crippen molar-refractivity contribution in [2.45, 2.75) is 25.0 Å². The van der Waals surface area contributed by atoms with Crippen molar-refractivity contribution in [2.24, 2.45) is 10.7 Å². The number of nitrogens with zero attached hydrogens (tertiary/aromatic N) is 2. The van der Waals surface area contributed by atoms with Crippen molar-refractivity contribution in [1.82, 2.24) is 4.90 Å². The molecule has 160 valence electrons. The van der Waals surface area contributed by atoms with E-state index in [9.17, 15) is 22.4 Å². The molecule has 0 fully saturated rings. The highest BCUT2D eigenvalue weighted by molar-refractivity contribution is 6.08. The molecule has 1 aliphatic rings. The van der Waals surface area contributed by atoms with Gasteiger partial charge in [0.2, 0.25) is 6.43 Å². The first-order valence-corrected chi connectivity index (χ1v) is 8.94. The van der Waals surface area contributed by atoms with Crippen molar-refractivity contribution in [3.8, 4) is 11.5 Å². The van der Waals surface area contributed by atoms with Crippen LogP contribution in [0, 0.1) is 0 Å². The monoisotopic (exact) mass is 425 g/mol. The summed E-state index contributed by atoms with van der Waals surface area (Å²) in [4.78, 5) is 18.7. The second-order valence-corrected chi connectivity index (χ2v) is 6.50. The smallest absolute Gasteiger partial charge is 0.387 e. The molecular formula is C20H19F4N3O3. The second-order valence-electron chi connectivity index (χ2n) is 6.50. The third-order valence-corrected chi connectivity index (χ3v) is 4.59. The fraction of sp³-hybridized carbons (Fsp3) is 0.300. The molecule has 0 saturated carbocycles. The molecule has 1 atom stereocenters. The number of ether oxygens (including phenoxy) is 2. The number of alkyl halides is 4. The third-order valence-electron chi connectivity index (χ3n) is 4.59. The number of aliphatic imine (C=N–C) groups is 1. The number of benzene rings is 2. The largest absolute Gasteiger partial charge is 0.493 e. The van der Waals surface area contributed by atoms with Crippen LogP contribution in [0.25, 0.3) is 0 Å². The van der Waals surface area contributed by atoms with Gasteiger partial charge in [-0.2, -0.15) is 8.78 Å². The molecule has 2 aromatic rings. The van der Waals surface area contributed by atoms with Crippen molar-refractivity contribution >= 4 is 11.9 Å². The first kappa shape index (κ1) is 21.4. The maximum atomic E-state index is 13.2. The highest BCUT2D eigenvalue weighted by atomic mass is 19.3. The van der Waals surface area contributed by atoms with Gasteiger partial charge in [-0.3, -0.25) is 9.69 Å². The minimum absolute atomic E-state index is 0.0306. The number of amides is 1. The van der Waals surface area contributed by atoms with Crippen molar-refractivity contribution in [1.29, 1.82) is 0 Å². The van der Waals surface area contributed by atoms with Crippen LogP contribution in [-0.4, -0.2) is 43.5 Å². The zero-order chi connectivity index (χ0) is 21.9. The number of carbonyl (C=O) groups is 1. The van der Waals surface area contributed by atoms with E-state index in [0.29, 0.717) is 11.1 Å². The summed E-state index contributed by atoms with van der Waals surface area (Å²) >= 11 is 0. The Morgan fingerprint density at radius 2 is 1.77 bits per heavy atom. The van der Waals surface area contributed by atoms with Gasteiger partial charge in [-0.15, -0.1) is 0 Å². The third kappa shape index (κ3) is 4.17. The zero-order valence-electron chi connectivity index (χ0n) is 15.9. The molecule has 30 heavy (non-hydrogen) atoms. The quantitative estimate of drug-likeness (QED) is 0.658. The number of hydrogen-bond donors (Lipinski definition) is 1. The van der Waals surface area contributed by atoms with E-state index in [1.807, 2.05) is 0 Å². The van der Waals surface area contributed by atoms with Crippen LogP contribution in [0.5, 0.6) is 11.5 Å². The lowest BCUT2D eigenvalue weighted by molar-refractivity contribution is -0.129. The number of halogens is 4. The molecule has 0 aromatic heterocycles. The Hall–Kier alpha value is -3.30. The average molecular weight is 425 g/mol. The van der Waals surface area contributed by atoms with Gasteiger partial charge in [0.1, 0.15) is 11.5 Å². The Labute approximate surface area is 169 Å². The van der Waals surface area contributed by atoms with Gasteiger partial charge in [0, 0.05) is 13.5 Å². The number of nitrogens with two attached hydrogens (primary N) is 1. The first-order chi connectivity index (χ1) is 14.2. The van der Waals surface area contributed by atoms with Crippen molar-refractivity contribution < 1.29 is 31.8 Å². The predicted molar refractivity (Wildman–Crippen MR) is 101 cm³/mol.